The van der Waals surface area contributed by atoms with Gasteiger partial charge in [-0.15, -0.1) is 0 Å². The summed E-state index contributed by atoms with van der Waals surface area (Å²) in [6.07, 6.45) is 5.27. The molecule has 0 saturated heterocycles. The third-order valence-corrected chi connectivity index (χ3v) is 4.49. The van der Waals surface area contributed by atoms with E-state index in [0.717, 1.165) is 17.8 Å². The summed E-state index contributed by atoms with van der Waals surface area (Å²) in [4.78, 5) is 4.59. The van der Waals surface area contributed by atoms with Gasteiger partial charge < -0.3 is 5.32 Å². The molecule has 2 unspecified atom stereocenters. The summed E-state index contributed by atoms with van der Waals surface area (Å²) in [5.74, 6) is 0.707. The van der Waals surface area contributed by atoms with Crippen molar-refractivity contribution in [2.45, 2.75) is 51.5 Å². The number of hydrogen-bond acceptors (Lipinski definition) is 2. The monoisotopic (exact) mass is 268 g/mol. The Bertz CT molecular complexity index is 589. The van der Waals surface area contributed by atoms with Gasteiger partial charge in [0.2, 0.25) is 0 Å². The average Bonchev–Trinajstić information content (AvgIpc) is 2.47. The predicted molar refractivity (Wildman–Crippen MR) is 85.2 cm³/mol. The lowest BCUT2D eigenvalue weighted by molar-refractivity contribution is 0.344. The molecule has 0 aliphatic heterocycles. The molecule has 2 atom stereocenters. The second-order valence-corrected chi connectivity index (χ2v) is 6.02. The quantitative estimate of drug-likeness (QED) is 0.903. The van der Waals surface area contributed by atoms with Crippen molar-refractivity contribution in [2.75, 3.05) is 6.54 Å². The molecule has 1 heterocycles. The standard InChI is InChI=1S/C18H24N2/c1-3-19-17-6-4-5-14(12-17)15-9-10-18-16(11-15)8-7-13(2)20-18/h7-11,14,17,19H,3-6,12H2,1-2H3. The van der Waals surface area contributed by atoms with Crippen LogP contribution in [0.3, 0.4) is 0 Å². The van der Waals surface area contributed by atoms with Crippen molar-refractivity contribution in [2.24, 2.45) is 0 Å². The molecule has 1 saturated carbocycles. The highest BCUT2D eigenvalue weighted by Crippen LogP contribution is 2.34. The summed E-state index contributed by atoms with van der Waals surface area (Å²) in [5, 5.41) is 4.89. The minimum absolute atomic E-state index is 0.700. The maximum absolute atomic E-state index is 4.59. The van der Waals surface area contributed by atoms with Crippen LogP contribution >= 0.6 is 0 Å². The van der Waals surface area contributed by atoms with E-state index in [1.54, 1.807) is 0 Å². The average molecular weight is 268 g/mol. The molecule has 1 aromatic heterocycles. The molecule has 2 nitrogen and oxygen atoms in total. The van der Waals surface area contributed by atoms with E-state index in [1.807, 2.05) is 0 Å². The summed E-state index contributed by atoms with van der Waals surface area (Å²) in [6, 6.07) is 11.8. The maximum Gasteiger partial charge on any atom is 0.0705 e. The highest BCUT2D eigenvalue weighted by atomic mass is 14.9. The SMILES string of the molecule is CCNC1CCCC(c2ccc3nc(C)ccc3c2)C1. The van der Waals surface area contributed by atoms with Crippen molar-refractivity contribution >= 4 is 10.9 Å². The molecule has 1 aromatic carbocycles. The predicted octanol–water partition coefficient (Wildman–Crippen LogP) is 4.18. The summed E-state index contributed by atoms with van der Waals surface area (Å²) in [7, 11) is 0. The summed E-state index contributed by atoms with van der Waals surface area (Å²) in [6.45, 7) is 5.33. The van der Waals surface area contributed by atoms with Crippen molar-refractivity contribution < 1.29 is 0 Å². The first-order valence-electron chi connectivity index (χ1n) is 7.87. The maximum atomic E-state index is 4.59. The van der Waals surface area contributed by atoms with Crippen LogP contribution in [0.25, 0.3) is 10.9 Å². The van der Waals surface area contributed by atoms with Gasteiger partial charge >= 0.3 is 0 Å². The number of nitrogens with zero attached hydrogens (tertiary/aromatic N) is 1. The zero-order valence-electron chi connectivity index (χ0n) is 12.5. The van der Waals surface area contributed by atoms with E-state index in [0.29, 0.717) is 12.0 Å². The number of aryl methyl sites for hydroxylation is 1. The Morgan fingerprint density at radius 2 is 2.10 bits per heavy atom. The molecule has 1 aliphatic rings. The highest BCUT2D eigenvalue weighted by Gasteiger charge is 2.22. The lowest BCUT2D eigenvalue weighted by Gasteiger charge is -2.30. The molecular weight excluding hydrogens is 244 g/mol. The van der Waals surface area contributed by atoms with Crippen molar-refractivity contribution in [3.63, 3.8) is 0 Å². The lowest BCUT2D eigenvalue weighted by Crippen LogP contribution is -2.33. The molecule has 3 rings (SSSR count). The summed E-state index contributed by atoms with van der Waals surface area (Å²) >= 11 is 0. The van der Waals surface area contributed by atoms with Crippen LogP contribution in [0.4, 0.5) is 0 Å². The fourth-order valence-electron chi connectivity index (χ4n) is 3.47. The first kappa shape index (κ1) is 13.6. The van der Waals surface area contributed by atoms with E-state index in [2.05, 4.69) is 54.5 Å². The molecular formula is C18H24N2. The number of rotatable bonds is 3. The third-order valence-electron chi connectivity index (χ3n) is 4.49. The molecule has 0 amide bonds. The van der Waals surface area contributed by atoms with Crippen LogP contribution in [0.5, 0.6) is 0 Å². The van der Waals surface area contributed by atoms with E-state index in [9.17, 15) is 0 Å². The molecule has 2 heteroatoms. The number of benzene rings is 1. The molecule has 20 heavy (non-hydrogen) atoms. The number of fused-ring (bicyclic) bond motifs is 1. The number of nitrogens with one attached hydrogen (secondary N) is 1. The largest absolute Gasteiger partial charge is 0.314 e. The van der Waals surface area contributed by atoms with Gasteiger partial charge in [0.05, 0.1) is 5.52 Å². The highest BCUT2D eigenvalue weighted by molar-refractivity contribution is 5.79. The minimum Gasteiger partial charge on any atom is -0.314 e. The molecule has 2 aromatic rings. The van der Waals surface area contributed by atoms with Gasteiger partial charge in [0.25, 0.3) is 0 Å². The molecule has 0 radical (unpaired) electrons. The van der Waals surface area contributed by atoms with Gasteiger partial charge in [-0.3, -0.25) is 4.98 Å². The molecule has 1 aliphatic carbocycles. The Labute approximate surface area is 121 Å². The zero-order valence-corrected chi connectivity index (χ0v) is 12.5. The van der Waals surface area contributed by atoms with E-state index >= 15 is 0 Å². The van der Waals surface area contributed by atoms with Crippen LogP contribution < -0.4 is 5.32 Å². The van der Waals surface area contributed by atoms with Gasteiger partial charge in [-0.25, -0.2) is 0 Å². The van der Waals surface area contributed by atoms with Crippen molar-refractivity contribution in [3.8, 4) is 0 Å². The molecule has 1 N–H and O–H groups in total. The third kappa shape index (κ3) is 2.85. The zero-order chi connectivity index (χ0) is 13.9. The Morgan fingerprint density at radius 1 is 1.20 bits per heavy atom. The van der Waals surface area contributed by atoms with E-state index in [-0.39, 0.29) is 0 Å². The van der Waals surface area contributed by atoms with E-state index in [1.165, 1.54) is 36.6 Å². The van der Waals surface area contributed by atoms with E-state index in [4.69, 9.17) is 0 Å². The molecule has 106 valence electrons. The fraction of sp³-hybridized carbons (Fsp3) is 0.500. The Balaban J connectivity index is 1.84. The second kappa shape index (κ2) is 5.92. The van der Waals surface area contributed by atoms with Gasteiger partial charge in [0.15, 0.2) is 0 Å². The molecule has 1 fully saturated rings. The van der Waals surface area contributed by atoms with Crippen LogP contribution in [0.15, 0.2) is 30.3 Å². The van der Waals surface area contributed by atoms with E-state index < -0.39 is 0 Å². The van der Waals surface area contributed by atoms with Crippen LogP contribution in [0.1, 0.15) is 49.8 Å². The van der Waals surface area contributed by atoms with Gasteiger partial charge in [-0.1, -0.05) is 25.5 Å². The van der Waals surface area contributed by atoms with Gasteiger partial charge in [0, 0.05) is 17.1 Å². The van der Waals surface area contributed by atoms with Crippen molar-refractivity contribution in [1.29, 1.82) is 0 Å². The van der Waals surface area contributed by atoms with Crippen LogP contribution in [-0.4, -0.2) is 17.6 Å². The topological polar surface area (TPSA) is 24.9 Å². The summed E-state index contributed by atoms with van der Waals surface area (Å²) in [5.41, 5.74) is 3.70. The van der Waals surface area contributed by atoms with Gasteiger partial charge in [0.1, 0.15) is 0 Å². The van der Waals surface area contributed by atoms with Gasteiger partial charge in [-0.2, -0.15) is 0 Å². The van der Waals surface area contributed by atoms with Crippen LogP contribution in [0.2, 0.25) is 0 Å². The van der Waals surface area contributed by atoms with Crippen molar-refractivity contribution in [1.82, 2.24) is 10.3 Å². The Hall–Kier alpha value is -1.41. The first-order chi connectivity index (χ1) is 9.76. The van der Waals surface area contributed by atoms with Crippen molar-refractivity contribution in [3.05, 3.63) is 41.6 Å². The number of aromatic nitrogens is 1. The Kier molecular flexibility index (Phi) is 4.02. The number of hydrogen-bond donors (Lipinski definition) is 1. The molecule has 0 bridgehead atoms. The Morgan fingerprint density at radius 3 is 2.95 bits per heavy atom. The minimum atomic E-state index is 0.700. The fourth-order valence-corrected chi connectivity index (χ4v) is 3.47. The second-order valence-electron chi connectivity index (χ2n) is 6.02. The van der Waals surface area contributed by atoms with Crippen LogP contribution in [-0.2, 0) is 0 Å². The number of pyridine rings is 1. The smallest absolute Gasteiger partial charge is 0.0705 e. The van der Waals surface area contributed by atoms with Gasteiger partial charge in [-0.05, 0) is 62.4 Å². The first-order valence-corrected chi connectivity index (χ1v) is 7.87. The molecule has 0 spiro atoms. The van der Waals surface area contributed by atoms with Crippen LogP contribution in [0, 0.1) is 6.92 Å². The summed E-state index contributed by atoms with van der Waals surface area (Å²) < 4.78 is 0. The lowest BCUT2D eigenvalue weighted by atomic mass is 9.81. The normalized spacial score (nSPS) is 23.1.